The Balaban J connectivity index is 1.80. The number of carbonyl (C=O) groups excluding carboxylic acids is 2. The van der Waals surface area contributed by atoms with Crippen LogP contribution in [-0.4, -0.2) is 35.1 Å². The van der Waals surface area contributed by atoms with Crippen LogP contribution in [0.4, 0.5) is 10.5 Å². The van der Waals surface area contributed by atoms with Crippen molar-refractivity contribution < 1.29 is 14.3 Å². The van der Waals surface area contributed by atoms with E-state index in [0.717, 1.165) is 12.1 Å². The molecule has 3 rings (SSSR count). The van der Waals surface area contributed by atoms with Gasteiger partial charge in [-0.3, -0.25) is 9.69 Å². The number of nitrogens with zero attached hydrogens (tertiary/aromatic N) is 1. The summed E-state index contributed by atoms with van der Waals surface area (Å²) >= 11 is 0. The highest BCUT2D eigenvalue weighted by molar-refractivity contribution is 5.96. The Hall–Kier alpha value is -2.82. The van der Waals surface area contributed by atoms with Crippen molar-refractivity contribution in [2.45, 2.75) is 51.2 Å². The van der Waals surface area contributed by atoms with E-state index >= 15 is 0 Å². The van der Waals surface area contributed by atoms with E-state index in [0.29, 0.717) is 13.0 Å². The number of nitrogens with one attached hydrogen (secondary N) is 1. The van der Waals surface area contributed by atoms with Gasteiger partial charge in [-0.25, -0.2) is 4.79 Å². The fraction of sp³-hybridized carbons (Fsp3) is 0.391. The highest BCUT2D eigenvalue weighted by atomic mass is 16.6. The van der Waals surface area contributed by atoms with Crippen molar-refractivity contribution in [3.05, 3.63) is 66.2 Å². The van der Waals surface area contributed by atoms with Gasteiger partial charge in [0.2, 0.25) is 5.91 Å². The van der Waals surface area contributed by atoms with Gasteiger partial charge in [0, 0.05) is 12.2 Å². The van der Waals surface area contributed by atoms with Gasteiger partial charge >= 0.3 is 6.09 Å². The van der Waals surface area contributed by atoms with E-state index in [1.54, 1.807) is 4.90 Å². The number of hydrogen-bond acceptors (Lipinski definition) is 3. The van der Waals surface area contributed by atoms with Crippen molar-refractivity contribution in [1.29, 1.82) is 0 Å². The van der Waals surface area contributed by atoms with Gasteiger partial charge in [-0.15, -0.1) is 0 Å². The minimum atomic E-state index is -0.603. The Labute approximate surface area is 166 Å². The molecule has 2 aromatic rings. The van der Waals surface area contributed by atoms with Gasteiger partial charge in [0.05, 0.1) is 0 Å². The van der Waals surface area contributed by atoms with Crippen LogP contribution in [0.25, 0.3) is 0 Å². The molecule has 1 saturated heterocycles. The van der Waals surface area contributed by atoms with Crippen LogP contribution >= 0.6 is 0 Å². The summed E-state index contributed by atoms with van der Waals surface area (Å²) in [5.74, 6) is 0.0455. The predicted octanol–water partition coefficient (Wildman–Crippen LogP) is 4.81. The lowest BCUT2D eigenvalue weighted by atomic mass is 9.85. The van der Waals surface area contributed by atoms with Gasteiger partial charge in [-0.1, -0.05) is 48.5 Å². The van der Waals surface area contributed by atoms with E-state index in [9.17, 15) is 9.59 Å². The molecule has 1 aliphatic rings. The molecule has 0 bridgehead atoms. The number of piperidine rings is 1. The maximum absolute atomic E-state index is 13.1. The van der Waals surface area contributed by atoms with Crippen molar-refractivity contribution in [3.8, 4) is 0 Å². The SMILES string of the molecule is CC(C)(C)OC(=O)N1CC[C@@H](c2ccccc2)C[C@H]1C(=O)Nc1ccccc1. The number of para-hydroxylation sites is 1. The minimum Gasteiger partial charge on any atom is -0.444 e. The van der Waals surface area contributed by atoms with Crippen LogP contribution in [0.5, 0.6) is 0 Å². The number of anilines is 1. The quantitative estimate of drug-likeness (QED) is 0.831. The lowest BCUT2D eigenvalue weighted by Crippen LogP contribution is -2.52. The lowest BCUT2D eigenvalue weighted by Gasteiger charge is -2.39. The number of rotatable bonds is 3. The molecule has 2 aromatic carbocycles. The van der Waals surface area contributed by atoms with E-state index in [2.05, 4.69) is 17.4 Å². The Morgan fingerprint density at radius 1 is 1.00 bits per heavy atom. The second-order valence-corrected chi connectivity index (χ2v) is 8.18. The number of amides is 2. The highest BCUT2D eigenvalue weighted by Crippen LogP contribution is 2.33. The molecule has 1 N–H and O–H groups in total. The number of benzene rings is 2. The molecule has 1 fully saturated rings. The highest BCUT2D eigenvalue weighted by Gasteiger charge is 2.38. The second-order valence-electron chi connectivity index (χ2n) is 8.18. The molecule has 2 atom stereocenters. The monoisotopic (exact) mass is 380 g/mol. The summed E-state index contributed by atoms with van der Waals surface area (Å²) in [5, 5.41) is 2.94. The summed E-state index contributed by atoms with van der Waals surface area (Å²) in [7, 11) is 0. The van der Waals surface area contributed by atoms with Gasteiger partial charge in [0.1, 0.15) is 11.6 Å². The van der Waals surface area contributed by atoms with Crippen molar-refractivity contribution in [2.24, 2.45) is 0 Å². The predicted molar refractivity (Wildman–Crippen MR) is 110 cm³/mol. The first kappa shape index (κ1) is 19.9. The smallest absolute Gasteiger partial charge is 0.410 e. The zero-order valence-electron chi connectivity index (χ0n) is 16.7. The van der Waals surface area contributed by atoms with Crippen molar-refractivity contribution in [1.82, 2.24) is 4.90 Å². The molecule has 1 aliphatic heterocycles. The molecule has 0 aliphatic carbocycles. The summed E-state index contributed by atoms with van der Waals surface area (Å²) in [6, 6.07) is 18.9. The second kappa shape index (κ2) is 8.46. The first-order valence-electron chi connectivity index (χ1n) is 9.74. The van der Waals surface area contributed by atoms with Gasteiger partial charge in [0.25, 0.3) is 0 Å². The molecule has 0 saturated carbocycles. The summed E-state index contributed by atoms with van der Waals surface area (Å²) in [6.07, 6.45) is 0.938. The molecule has 5 nitrogen and oxygen atoms in total. The molecule has 148 valence electrons. The summed E-state index contributed by atoms with van der Waals surface area (Å²) in [4.78, 5) is 27.4. The van der Waals surface area contributed by atoms with Gasteiger partial charge in [-0.05, 0) is 57.2 Å². The van der Waals surface area contributed by atoms with E-state index in [1.165, 1.54) is 5.56 Å². The Morgan fingerprint density at radius 2 is 1.61 bits per heavy atom. The Bertz CT molecular complexity index is 800. The Kier molecular flexibility index (Phi) is 6.02. The molecular weight excluding hydrogens is 352 g/mol. The van der Waals surface area contributed by atoms with Crippen LogP contribution in [0.2, 0.25) is 0 Å². The first-order chi connectivity index (χ1) is 13.3. The van der Waals surface area contributed by atoms with Crippen LogP contribution in [0, 0.1) is 0 Å². The molecule has 28 heavy (non-hydrogen) atoms. The fourth-order valence-electron chi connectivity index (χ4n) is 3.53. The summed E-state index contributed by atoms with van der Waals surface area (Å²) in [6.45, 7) is 5.99. The van der Waals surface area contributed by atoms with Crippen molar-refractivity contribution >= 4 is 17.7 Å². The number of ether oxygens (including phenoxy) is 1. The van der Waals surface area contributed by atoms with Crippen LogP contribution in [0.1, 0.15) is 45.1 Å². The number of carbonyl (C=O) groups is 2. The maximum Gasteiger partial charge on any atom is 0.410 e. The summed E-state index contributed by atoms with van der Waals surface area (Å²) < 4.78 is 5.56. The molecule has 0 spiro atoms. The average molecular weight is 380 g/mol. The largest absolute Gasteiger partial charge is 0.444 e. The van der Waals surface area contributed by atoms with Crippen molar-refractivity contribution in [3.63, 3.8) is 0 Å². The van der Waals surface area contributed by atoms with Crippen LogP contribution in [0.3, 0.4) is 0 Å². The van der Waals surface area contributed by atoms with Crippen LogP contribution in [-0.2, 0) is 9.53 Å². The van der Waals surface area contributed by atoms with Gasteiger partial charge < -0.3 is 10.1 Å². The van der Waals surface area contributed by atoms with Gasteiger partial charge in [-0.2, -0.15) is 0 Å². The number of likely N-dealkylation sites (tertiary alicyclic amines) is 1. The molecule has 0 radical (unpaired) electrons. The third-order valence-corrected chi connectivity index (χ3v) is 4.85. The lowest BCUT2D eigenvalue weighted by molar-refractivity contribution is -0.122. The third kappa shape index (κ3) is 5.12. The third-order valence-electron chi connectivity index (χ3n) is 4.85. The normalized spacial score (nSPS) is 19.8. The zero-order chi connectivity index (χ0) is 20.1. The molecule has 0 aromatic heterocycles. The molecule has 1 heterocycles. The van der Waals surface area contributed by atoms with Crippen LogP contribution in [0.15, 0.2) is 60.7 Å². The standard InChI is InChI=1S/C23H28N2O3/c1-23(2,3)28-22(27)25-15-14-18(17-10-6-4-7-11-17)16-20(25)21(26)24-19-12-8-5-9-13-19/h4-13,18,20H,14-16H2,1-3H3,(H,24,26)/t18-,20+/m1/s1. The molecule has 0 unspecified atom stereocenters. The van der Waals surface area contributed by atoms with E-state index in [-0.39, 0.29) is 11.8 Å². The molecule has 2 amide bonds. The zero-order valence-corrected chi connectivity index (χ0v) is 16.7. The van der Waals surface area contributed by atoms with Crippen molar-refractivity contribution in [2.75, 3.05) is 11.9 Å². The first-order valence-corrected chi connectivity index (χ1v) is 9.74. The van der Waals surface area contributed by atoms with E-state index in [1.807, 2.05) is 69.3 Å². The van der Waals surface area contributed by atoms with E-state index in [4.69, 9.17) is 4.74 Å². The summed E-state index contributed by atoms with van der Waals surface area (Å²) in [5.41, 5.74) is 1.32. The topological polar surface area (TPSA) is 58.6 Å². The minimum absolute atomic E-state index is 0.183. The Morgan fingerprint density at radius 3 is 2.21 bits per heavy atom. The molecule has 5 heteroatoms. The van der Waals surface area contributed by atoms with E-state index < -0.39 is 17.7 Å². The fourth-order valence-corrected chi connectivity index (χ4v) is 3.53. The van der Waals surface area contributed by atoms with Crippen LogP contribution < -0.4 is 5.32 Å². The average Bonchev–Trinajstić information content (AvgIpc) is 2.67. The number of hydrogen-bond donors (Lipinski definition) is 1. The maximum atomic E-state index is 13.1. The molecular formula is C23H28N2O3. The van der Waals surface area contributed by atoms with Gasteiger partial charge in [0.15, 0.2) is 0 Å².